The number of aromatic amines is 1. The lowest BCUT2D eigenvalue weighted by Gasteiger charge is -2.20. The van der Waals surface area contributed by atoms with Crippen molar-refractivity contribution in [3.05, 3.63) is 50.9 Å². The van der Waals surface area contributed by atoms with E-state index in [1.165, 1.54) is 30.4 Å². The normalized spacial score (nSPS) is 11.0. The number of aryl methyl sites for hydroxylation is 1. The summed E-state index contributed by atoms with van der Waals surface area (Å²) in [7, 11) is 0. The van der Waals surface area contributed by atoms with Crippen molar-refractivity contribution in [2.75, 3.05) is 13.1 Å². The van der Waals surface area contributed by atoms with E-state index >= 15 is 0 Å². The van der Waals surface area contributed by atoms with Crippen LogP contribution in [0.5, 0.6) is 0 Å². The zero-order valence-corrected chi connectivity index (χ0v) is 20.3. The molecular weight excluding hydrogens is 426 g/mol. The van der Waals surface area contributed by atoms with Gasteiger partial charge in [-0.15, -0.1) is 0 Å². The van der Waals surface area contributed by atoms with Crippen molar-refractivity contribution >= 4 is 23.3 Å². The number of aromatic nitrogens is 2. The summed E-state index contributed by atoms with van der Waals surface area (Å²) in [5, 5.41) is 3.60. The van der Waals surface area contributed by atoms with Crippen LogP contribution >= 0.6 is 11.6 Å². The number of nitrogens with zero attached hydrogens (tertiary/aromatic N) is 2. The van der Waals surface area contributed by atoms with E-state index in [9.17, 15) is 14.4 Å². The number of hydrogen-bond donors (Lipinski definition) is 1. The van der Waals surface area contributed by atoms with Crippen LogP contribution in [0.3, 0.4) is 0 Å². The van der Waals surface area contributed by atoms with E-state index < -0.39 is 5.56 Å². The lowest BCUT2D eigenvalue weighted by atomic mass is 10.1. The minimum atomic E-state index is -0.398. The van der Waals surface area contributed by atoms with Crippen molar-refractivity contribution in [1.82, 2.24) is 14.7 Å². The number of amides is 1. The number of Topliss-reactive ketones (excluding diaryl/α,β-unsaturated/α-hetero) is 1. The zero-order chi connectivity index (χ0) is 23.5. The number of H-pyrrole nitrogens is 1. The molecule has 0 atom stereocenters. The Hall–Kier alpha value is -2.34. The number of carbonyl (C=O) groups excluding carboxylic acids is 2. The number of likely N-dealkylation sites (N-methyl/N-ethyl adjacent to an activating group) is 1. The number of nitrogens with one attached hydrogen (secondary N) is 1. The van der Waals surface area contributed by atoms with Crippen LogP contribution in [0.1, 0.15) is 88.2 Å². The van der Waals surface area contributed by atoms with Crippen LogP contribution in [0.4, 0.5) is 0 Å². The largest absolute Gasteiger partial charge is 0.335 e. The van der Waals surface area contributed by atoms with Gasteiger partial charge in [0.05, 0.1) is 12.2 Å². The lowest BCUT2D eigenvalue weighted by molar-refractivity contribution is -0.130. The highest BCUT2D eigenvalue weighted by Crippen LogP contribution is 2.14. The first-order valence-electron chi connectivity index (χ1n) is 11.8. The SMILES string of the molecule is CCCCCCCCCC(=O)N(CC)CC(=O)c1c(CC)[nH]n(-c2ccc(Cl)cc2)c1=O. The minimum absolute atomic E-state index is 0.0268. The monoisotopic (exact) mass is 461 g/mol. The fraction of sp³-hybridized carbons (Fsp3) is 0.560. The van der Waals surface area contributed by atoms with Crippen molar-refractivity contribution in [2.24, 2.45) is 0 Å². The predicted octanol–water partition coefficient (Wildman–Crippen LogP) is 5.55. The van der Waals surface area contributed by atoms with E-state index in [2.05, 4.69) is 12.0 Å². The van der Waals surface area contributed by atoms with Crippen LogP contribution in [0.2, 0.25) is 5.02 Å². The number of ketones is 1. The van der Waals surface area contributed by atoms with E-state index in [0.29, 0.717) is 35.8 Å². The van der Waals surface area contributed by atoms with Crippen molar-refractivity contribution < 1.29 is 9.59 Å². The smallest absolute Gasteiger partial charge is 0.282 e. The third kappa shape index (κ3) is 7.09. The molecule has 0 aliphatic carbocycles. The summed E-state index contributed by atoms with van der Waals surface area (Å²) in [4.78, 5) is 40.3. The molecule has 1 aromatic carbocycles. The summed E-state index contributed by atoms with van der Waals surface area (Å²) in [6.07, 6.45) is 8.93. The Balaban J connectivity index is 2.02. The summed E-state index contributed by atoms with van der Waals surface area (Å²) < 4.78 is 1.36. The van der Waals surface area contributed by atoms with Gasteiger partial charge in [-0.3, -0.25) is 19.5 Å². The molecule has 1 aromatic heterocycles. The molecule has 7 heteroatoms. The number of rotatable bonds is 14. The Morgan fingerprint density at radius 2 is 1.59 bits per heavy atom. The second-order valence-electron chi connectivity index (χ2n) is 8.14. The van der Waals surface area contributed by atoms with Crippen LogP contribution < -0.4 is 5.56 Å². The molecular formula is C25H36ClN3O3. The maximum atomic E-state index is 13.0. The van der Waals surface area contributed by atoms with Gasteiger partial charge in [0, 0.05) is 23.7 Å². The van der Waals surface area contributed by atoms with Crippen molar-refractivity contribution in [1.29, 1.82) is 0 Å². The lowest BCUT2D eigenvalue weighted by Crippen LogP contribution is -2.37. The fourth-order valence-corrected chi connectivity index (χ4v) is 3.94. The first-order chi connectivity index (χ1) is 15.4. The van der Waals surface area contributed by atoms with Gasteiger partial charge in [-0.2, -0.15) is 0 Å². The summed E-state index contributed by atoms with van der Waals surface area (Å²) in [6.45, 7) is 6.31. The molecule has 0 fully saturated rings. The molecule has 1 heterocycles. The van der Waals surface area contributed by atoms with E-state index in [1.54, 1.807) is 29.2 Å². The van der Waals surface area contributed by atoms with Gasteiger partial charge in [-0.25, -0.2) is 4.68 Å². The van der Waals surface area contributed by atoms with Crippen LogP contribution in [-0.4, -0.2) is 39.5 Å². The molecule has 32 heavy (non-hydrogen) atoms. The van der Waals surface area contributed by atoms with Gasteiger partial charge in [-0.1, -0.05) is 64.0 Å². The summed E-state index contributed by atoms with van der Waals surface area (Å²) in [5.41, 5.74) is 0.912. The van der Waals surface area contributed by atoms with Crippen molar-refractivity contribution in [2.45, 2.75) is 78.6 Å². The molecule has 176 valence electrons. The maximum Gasteiger partial charge on any atom is 0.282 e. The van der Waals surface area contributed by atoms with Crippen LogP contribution in [0.25, 0.3) is 5.69 Å². The number of hydrogen-bond acceptors (Lipinski definition) is 3. The zero-order valence-electron chi connectivity index (χ0n) is 19.6. The molecule has 0 bridgehead atoms. The average Bonchev–Trinajstić information content (AvgIpc) is 3.13. The topological polar surface area (TPSA) is 75.2 Å². The van der Waals surface area contributed by atoms with E-state index in [1.807, 2.05) is 13.8 Å². The van der Waals surface area contributed by atoms with E-state index in [-0.39, 0.29) is 23.8 Å². The van der Waals surface area contributed by atoms with Gasteiger partial charge in [0.2, 0.25) is 5.91 Å². The molecule has 1 N–H and O–H groups in total. The molecule has 0 saturated heterocycles. The predicted molar refractivity (Wildman–Crippen MR) is 130 cm³/mol. The molecule has 0 spiro atoms. The first-order valence-corrected chi connectivity index (χ1v) is 12.2. The second kappa shape index (κ2) is 13.3. The van der Waals surface area contributed by atoms with Crippen molar-refractivity contribution in [3.8, 4) is 5.69 Å². The minimum Gasteiger partial charge on any atom is -0.335 e. The Kier molecular flexibility index (Phi) is 10.7. The summed E-state index contributed by atoms with van der Waals surface area (Å²) in [5.74, 6) is -0.355. The van der Waals surface area contributed by atoms with Gasteiger partial charge >= 0.3 is 0 Å². The van der Waals surface area contributed by atoms with Crippen molar-refractivity contribution in [3.63, 3.8) is 0 Å². The molecule has 0 aliphatic heterocycles. The Bertz CT molecular complexity index is 931. The Labute approximate surface area is 195 Å². The van der Waals surface area contributed by atoms with Gasteiger partial charge in [0.15, 0.2) is 5.78 Å². The highest BCUT2D eigenvalue weighted by molar-refractivity contribution is 6.30. The summed E-state index contributed by atoms with van der Waals surface area (Å²) >= 11 is 5.94. The number of unbranched alkanes of at least 4 members (excludes halogenated alkanes) is 6. The highest BCUT2D eigenvalue weighted by atomic mass is 35.5. The standard InChI is InChI=1S/C25H36ClN3O3/c1-4-7-8-9-10-11-12-13-23(31)28(6-3)18-22(30)24-21(5-2)27-29(25(24)32)20-16-14-19(26)15-17-20/h14-17,27H,4-13,18H2,1-3H3. The van der Waals surface area contributed by atoms with Gasteiger partial charge < -0.3 is 4.90 Å². The number of carbonyl (C=O) groups is 2. The van der Waals surface area contributed by atoms with Crippen LogP contribution in [0, 0.1) is 0 Å². The molecule has 6 nitrogen and oxygen atoms in total. The third-order valence-corrected chi connectivity index (χ3v) is 6.00. The Morgan fingerprint density at radius 3 is 2.19 bits per heavy atom. The highest BCUT2D eigenvalue weighted by Gasteiger charge is 2.24. The average molecular weight is 462 g/mol. The molecule has 0 saturated carbocycles. The number of halogens is 1. The second-order valence-corrected chi connectivity index (χ2v) is 8.57. The van der Waals surface area contributed by atoms with E-state index in [0.717, 1.165) is 19.3 Å². The molecule has 0 aliphatic rings. The Morgan fingerprint density at radius 1 is 0.969 bits per heavy atom. The fourth-order valence-electron chi connectivity index (χ4n) is 3.82. The van der Waals surface area contributed by atoms with E-state index in [4.69, 9.17) is 11.6 Å². The molecule has 0 unspecified atom stereocenters. The van der Waals surface area contributed by atoms with Crippen LogP contribution in [0.15, 0.2) is 29.1 Å². The molecule has 1 amide bonds. The molecule has 2 rings (SSSR count). The van der Waals surface area contributed by atoms with Gasteiger partial charge in [-0.05, 0) is 44.0 Å². The quantitative estimate of drug-likeness (QED) is 0.296. The van der Waals surface area contributed by atoms with Gasteiger partial charge in [0.1, 0.15) is 5.56 Å². The third-order valence-electron chi connectivity index (χ3n) is 5.75. The first kappa shape index (κ1) is 25.9. The van der Waals surface area contributed by atoms with Gasteiger partial charge in [0.25, 0.3) is 5.56 Å². The molecule has 2 aromatic rings. The molecule has 0 radical (unpaired) electrons. The maximum absolute atomic E-state index is 13.0. The van der Waals surface area contributed by atoms with Crippen LogP contribution in [-0.2, 0) is 11.2 Å². The number of benzene rings is 1. The summed E-state index contributed by atoms with van der Waals surface area (Å²) in [6, 6.07) is 6.83.